The van der Waals surface area contributed by atoms with E-state index in [1.807, 2.05) is 4.90 Å². The Labute approximate surface area is 127 Å². The molecule has 120 valence electrons. The van der Waals surface area contributed by atoms with Crippen LogP contribution >= 0.6 is 0 Å². The van der Waals surface area contributed by atoms with E-state index in [-0.39, 0.29) is 24.4 Å². The first-order valence-electron chi connectivity index (χ1n) is 8.51. The number of likely N-dealkylation sites (tertiary alicyclic amines) is 1. The number of carboxylic acid groups (broad SMARTS) is 1. The molecule has 0 aromatic carbocycles. The van der Waals surface area contributed by atoms with Gasteiger partial charge >= 0.3 is 5.97 Å². The molecule has 1 aliphatic heterocycles. The molecule has 1 N–H and O–H groups in total. The average Bonchev–Trinajstić information content (AvgIpc) is 2.65. The monoisotopic (exact) mass is 295 g/mol. The molecule has 2 atom stereocenters. The molecule has 0 aromatic heterocycles. The Bertz CT molecular complexity index is 375. The van der Waals surface area contributed by atoms with Crippen molar-refractivity contribution in [3.8, 4) is 0 Å². The van der Waals surface area contributed by atoms with Crippen molar-refractivity contribution in [3.63, 3.8) is 0 Å². The number of piperidine rings is 1. The van der Waals surface area contributed by atoms with E-state index >= 15 is 0 Å². The summed E-state index contributed by atoms with van der Waals surface area (Å²) in [7, 11) is 0. The largest absolute Gasteiger partial charge is 0.481 e. The maximum absolute atomic E-state index is 12.8. The van der Waals surface area contributed by atoms with Crippen molar-refractivity contribution in [1.82, 2.24) is 4.90 Å². The van der Waals surface area contributed by atoms with E-state index in [0.29, 0.717) is 12.8 Å². The molecule has 21 heavy (non-hydrogen) atoms. The summed E-state index contributed by atoms with van der Waals surface area (Å²) in [6.07, 6.45) is 8.81. The second-order valence-electron chi connectivity index (χ2n) is 7.11. The number of carboxylic acids is 1. The van der Waals surface area contributed by atoms with Gasteiger partial charge < -0.3 is 10.0 Å². The number of carbonyl (C=O) groups is 2. The van der Waals surface area contributed by atoms with Crippen LogP contribution in [-0.2, 0) is 9.59 Å². The number of aliphatic carboxylic acids is 1. The molecule has 4 heteroatoms. The predicted molar refractivity (Wildman–Crippen MR) is 82.0 cm³/mol. The van der Waals surface area contributed by atoms with Crippen LogP contribution in [-0.4, -0.2) is 34.0 Å². The van der Waals surface area contributed by atoms with Gasteiger partial charge in [-0.15, -0.1) is 0 Å². The van der Waals surface area contributed by atoms with E-state index in [1.165, 1.54) is 0 Å². The third-order valence-electron chi connectivity index (χ3n) is 5.49. The first kappa shape index (κ1) is 16.3. The Hall–Kier alpha value is -1.06. The first-order chi connectivity index (χ1) is 9.96. The molecule has 4 nitrogen and oxygen atoms in total. The number of hydrogen-bond donors (Lipinski definition) is 1. The topological polar surface area (TPSA) is 57.6 Å². The Kier molecular flexibility index (Phi) is 5.28. The van der Waals surface area contributed by atoms with Crippen molar-refractivity contribution in [2.24, 2.45) is 5.41 Å². The highest BCUT2D eigenvalue weighted by Gasteiger charge is 2.43. The molecule has 0 bridgehead atoms. The minimum atomic E-state index is -0.815. The first-order valence-corrected chi connectivity index (χ1v) is 8.51. The summed E-state index contributed by atoms with van der Waals surface area (Å²) in [5.74, 6) is -0.714. The molecule has 2 rings (SSSR count). The molecule has 1 saturated heterocycles. The molecule has 0 spiro atoms. The van der Waals surface area contributed by atoms with Gasteiger partial charge in [0.1, 0.15) is 0 Å². The Balaban J connectivity index is 2.12. The summed E-state index contributed by atoms with van der Waals surface area (Å²) in [6.45, 7) is 4.18. The van der Waals surface area contributed by atoms with Crippen LogP contribution in [0.5, 0.6) is 0 Å². The van der Waals surface area contributed by atoms with Gasteiger partial charge in [-0.25, -0.2) is 0 Å². The summed E-state index contributed by atoms with van der Waals surface area (Å²) in [5, 5.41) is 9.72. The normalized spacial score (nSPS) is 29.7. The number of carbonyl (C=O) groups excluding carboxylic acids is 1. The molecular weight excluding hydrogens is 266 g/mol. The quantitative estimate of drug-likeness (QED) is 0.809. The number of hydrogen-bond acceptors (Lipinski definition) is 2. The zero-order valence-corrected chi connectivity index (χ0v) is 13.4. The van der Waals surface area contributed by atoms with E-state index < -0.39 is 11.4 Å². The highest BCUT2D eigenvalue weighted by atomic mass is 16.4. The van der Waals surface area contributed by atoms with E-state index in [2.05, 4.69) is 13.8 Å². The lowest BCUT2D eigenvalue weighted by atomic mass is 9.76. The fraction of sp³-hybridized carbons (Fsp3) is 0.882. The molecule has 2 unspecified atom stereocenters. The smallest absolute Gasteiger partial charge is 0.310 e. The van der Waals surface area contributed by atoms with Crippen molar-refractivity contribution in [2.75, 3.05) is 0 Å². The minimum absolute atomic E-state index is 0.0546. The predicted octanol–water partition coefficient (Wildman–Crippen LogP) is 3.59. The van der Waals surface area contributed by atoms with Gasteiger partial charge in [-0.2, -0.15) is 0 Å². The summed E-state index contributed by atoms with van der Waals surface area (Å²) in [6, 6.07) is 0.496. The van der Waals surface area contributed by atoms with Crippen LogP contribution in [0.2, 0.25) is 0 Å². The third-order valence-corrected chi connectivity index (χ3v) is 5.49. The number of nitrogens with zero attached hydrogens (tertiary/aromatic N) is 1. The van der Waals surface area contributed by atoms with Crippen molar-refractivity contribution in [2.45, 2.75) is 90.1 Å². The fourth-order valence-electron chi connectivity index (χ4n) is 4.17. The number of rotatable bonds is 3. The van der Waals surface area contributed by atoms with Crippen LogP contribution in [0.3, 0.4) is 0 Å². The van der Waals surface area contributed by atoms with Gasteiger partial charge in [0.25, 0.3) is 0 Å². The number of amides is 1. The van der Waals surface area contributed by atoms with E-state index in [9.17, 15) is 14.7 Å². The fourth-order valence-corrected chi connectivity index (χ4v) is 4.17. The van der Waals surface area contributed by atoms with E-state index in [0.717, 1.165) is 44.9 Å². The van der Waals surface area contributed by atoms with Gasteiger partial charge in [0, 0.05) is 18.5 Å². The lowest BCUT2D eigenvalue weighted by Crippen LogP contribution is -2.49. The van der Waals surface area contributed by atoms with Crippen LogP contribution in [0.25, 0.3) is 0 Å². The third kappa shape index (κ3) is 3.58. The molecule has 0 radical (unpaired) electrons. The summed E-state index contributed by atoms with van der Waals surface area (Å²) >= 11 is 0. The molecular formula is C17H29NO3. The maximum Gasteiger partial charge on any atom is 0.310 e. The van der Waals surface area contributed by atoms with Crippen LogP contribution < -0.4 is 0 Å². The molecule has 2 aliphatic rings. The summed E-state index contributed by atoms with van der Waals surface area (Å²) in [5.41, 5.74) is -0.815. The lowest BCUT2D eigenvalue weighted by molar-refractivity contribution is -0.156. The zero-order chi connectivity index (χ0) is 15.5. The molecule has 1 aliphatic carbocycles. The van der Waals surface area contributed by atoms with Crippen molar-refractivity contribution in [1.29, 1.82) is 0 Å². The summed E-state index contributed by atoms with van der Waals surface area (Å²) < 4.78 is 0. The van der Waals surface area contributed by atoms with Gasteiger partial charge in [0.2, 0.25) is 5.91 Å². The van der Waals surface area contributed by atoms with Crippen LogP contribution in [0.4, 0.5) is 0 Å². The van der Waals surface area contributed by atoms with Gasteiger partial charge in [-0.05, 0) is 46.0 Å². The average molecular weight is 295 g/mol. The standard InChI is InChI=1S/C17H29NO3/c1-13-8-7-9-14(2)18(13)15(19)12-17(16(20)21)10-5-3-4-6-11-17/h13-14H,3-12H2,1-2H3,(H,20,21). The van der Waals surface area contributed by atoms with Gasteiger partial charge in [-0.1, -0.05) is 25.7 Å². The van der Waals surface area contributed by atoms with E-state index in [1.54, 1.807) is 0 Å². The lowest BCUT2D eigenvalue weighted by Gasteiger charge is -2.41. The van der Waals surface area contributed by atoms with Crippen LogP contribution in [0.15, 0.2) is 0 Å². The van der Waals surface area contributed by atoms with Crippen LogP contribution in [0, 0.1) is 5.41 Å². The highest BCUT2D eigenvalue weighted by Crippen LogP contribution is 2.39. The Morgan fingerprint density at radius 1 is 1.00 bits per heavy atom. The molecule has 2 fully saturated rings. The van der Waals surface area contributed by atoms with E-state index in [4.69, 9.17) is 0 Å². The second-order valence-corrected chi connectivity index (χ2v) is 7.11. The molecule has 1 saturated carbocycles. The highest BCUT2D eigenvalue weighted by molar-refractivity contribution is 5.85. The van der Waals surface area contributed by atoms with Crippen molar-refractivity contribution in [3.05, 3.63) is 0 Å². The van der Waals surface area contributed by atoms with Gasteiger partial charge in [0.15, 0.2) is 0 Å². The van der Waals surface area contributed by atoms with Gasteiger partial charge in [-0.3, -0.25) is 9.59 Å². The van der Waals surface area contributed by atoms with Crippen molar-refractivity contribution >= 4 is 11.9 Å². The van der Waals surface area contributed by atoms with Crippen molar-refractivity contribution < 1.29 is 14.7 Å². The molecule has 1 amide bonds. The zero-order valence-electron chi connectivity index (χ0n) is 13.4. The minimum Gasteiger partial charge on any atom is -0.481 e. The Morgan fingerprint density at radius 2 is 1.52 bits per heavy atom. The Morgan fingerprint density at radius 3 is 2.00 bits per heavy atom. The van der Waals surface area contributed by atoms with Gasteiger partial charge in [0.05, 0.1) is 5.41 Å². The summed E-state index contributed by atoms with van der Waals surface area (Å²) in [4.78, 5) is 26.6. The van der Waals surface area contributed by atoms with Crippen LogP contribution in [0.1, 0.15) is 78.1 Å². The maximum atomic E-state index is 12.8. The second kappa shape index (κ2) is 6.80. The molecule has 0 aromatic rings. The SMILES string of the molecule is CC1CCCC(C)N1C(=O)CC1(C(=O)O)CCCCCC1. The molecule has 1 heterocycles.